The molecule has 2 atom stereocenters. The highest BCUT2D eigenvalue weighted by atomic mass is 127. The third-order valence-corrected chi connectivity index (χ3v) is 5.90. The Hall–Kier alpha value is -1.68. The van der Waals surface area contributed by atoms with E-state index in [1.54, 1.807) is 31.3 Å². The lowest BCUT2D eigenvalue weighted by Crippen LogP contribution is -2.47. The van der Waals surface area contributed by atoms with Gasteiger partial charge in [-0.3, -0.25) is 24.4 Å². The third-order valence-electron chi connectivity index (χ3n) is 5.90. The van der Waals surface area contributed by atoms with Crippen molar-refractivity contribution >= 4 is 41.8 Å². The summed E-state index contributed by atoms with van der Waals surface area (Å²) < 4.78 is 0. The van der Waals surface area contributed by atoms with Crippen molar-refractivity contribution in [3.05, 3.63) is 35.4 Å². The number of hydrogen-bond acceptors (Lipinski definition) is 4. The van der Waals surface area contributed by atoms with Crippen molar-refractivity contribution in [1.29, 1.82) is 0 Å². The molecule has 0 saturated carbocycles. The molecule has 7 nitrogen and oxygen atoms in total. The second-order valence-corrected chi connectivity index (χ2v) is 8.29. The molecule has 1 aromatic carbocycles. The minimum absolute atomic E-state index is 0. The molecule has 0 aliphatic carbocycles. The van der Waals surface area contributed by atoms with Crippen LogP contribution < -0.4 is 10.6 Å². The van der Waals surface area contributed by atoms with E-state index >= 15 is 0 Å². The number of aliphatic imine (C=N–C) groups is 1. The molecule has 0 radical (unpaired) electrons. The molecule has 0 bridgehead atoms. The molecule has 2 aliphatic rings. The maximum Gasteiger partial charge on any atom is 0.261 e. The van der Waals surface area contributed by atoms with E-state index in [-0.39, 0.29) is 35.8 Å². The van der Waals surface area contributed by atoms with Gasteiger partial charge in [-0.1, -0.05) is 19.1 Å². The molecule has 1 aromatic rings. The minimum atomic E-state index is -0.180. The molecule has 1 fully saturated rings. The molecule has 3 rings (SSSR count). The van der Waals surface area contributed by atoms with Crippen molar-refractivity contribution in [2.45, 2.75) is 45.7 Å². The van der Waals surface area contributed by atoms with Gasteiger partial charge < -0.3 is 10.6 Å². The fourth-order valence-corrected chi connectivity index (χ4v) is 4.03. The lowest BCUT2D eigenvalue weighted by Gasteiger charge is -2.22. The predicted octanol–water partition coefficient (Wildman–Crippen LogP) is 2.57. The van der Waals surface area contributed by atoms with Crippen molar-refractivity contribution in [2.24, 2.45) is 10.9 Å². The largest absolute Gasteiger partial charge is 0.356 e. The number of benzene rings is 1. The average molecular weight is 527 g/mol. The predicted molar refractivity (Wildman–Crippen MR) is 131 cm³/mol. The number of nitrogens with one attached hydrogen (secondary N) is 2. The molecular formula is C22H34IN5O2. The number of amides is 2. The minimum Gasteiger partial charge on any atom is -0.356 e. The zero-order valence-corrected chi connectivity index (χ0v) is 20.7. The third kappa shape index (κ3) is 5.51. The summed E-state index contributed by atoms with van der Waals surface area (Å²) in [6, 6.07) is 7.97. The molecule has 8 heteroatoms. The number of fused-ring (bicyclic) bond motifs is 1. The van der Waals surface area contributed by atoms with Crippen LogP contribution in [-0.2, 0) is 0 Å². The molecule has 2 amide bonds. The fourth-order valence-electron chi connectivity index (χ4n) is 4.03. The second kappa shape index (κ2) is 11.1. The molecule has 166 valence electrons. The summed E-state index contributed by atoms with van der Waals surface area (Å²) in [6.07, 6.45) is 1.61. The van der Waals surface area contributed by atoms with E-state index in [0.717, 1.165) is 38.4 Å². The fraction of sp³-hybridized carbons (Fsp3) is 0.591. The highest BCUT2D eigenvalue weighted by Gasteiger charge is 2.34. The van der Waals surface area contributed by atoms with Crippen LogP contribution in [0.5, 0.6) is 0 Å². The van der Waals surface area contributed by atoms with Gasteiger partial charge in [0.15, 0.2) is 5.96 Å². The van der Waals surface area contributed by atoms with E-state index in [2.05, 4.69) is 41.3 Å². The zero-order valence-electron chi connectivity index (χ0n) is 18.4. The molecule has 1 saturated heterocycles. The van der Waals surface area contributed by atoms with Gasteiger partial charge in [-0.2, -0.15) is 0 Å². The molecular weight excluding hydrogens is 493 g/mol. The number of likely N-dealkylation sites (tertiary alicyclic amines) is 1. The van der Waals surface area contributed by atoms with Crippen molar-refractivity contribution in [3.63, 3.8) is 0 Å². The van der Waals surface area contributed by atoms with E-state index in [1.807, 2.05) is 0 Å². The Bertz CT molecular complexity index is 748. The number of nitrogens with zero attached hydrogens (tertiary/aromatic N) is 3. The van der Waals surface area contributed by atoms with Gasteiger partial charge in [0.2, 0.25) is 0 Å². The van der Waals surface area contributed by atoms with E-state index in [9.17, 15) is 9.59 Å². The van der Waals surface area contributed by atoms with Crippen molar-refractivity contribution in [2.75, 3.05) is 33.2 Å². The van der Waals surface area contributed by atoms with E-state index in [4.69, 9.17) is 0 Å². The summed E-state index contributed by atoms with van der Waals surface area (Å²) in [5, 5.41) is 6.89. The highest BCUT2D eigenvalue weighted by molar-refractivity contribution is 14.0. The Labute approximate surface area is 196 Å². The summed E-state index contributed by atoms with van der Waals surface area (Å²) >= 11 is 0. The summed E-state index contributed by atoms with van der Waals surface area (Å²) in [5.74, 6) is 1.03. The van der Waals surface area contributed by atoms with Crippen molar-refractivity contribution in [1.82, 2.24) is 20.4 Å². The smallest absolute Gasteiger partial charge is 0.261 e. The Morgan fingerprint density at radius 3 is 2.30 bits per heavy atom. The molecule has 2 heterocycles. The van der Waals surface area contributed by atoms with E-state index < -0.39 is 0 Å². The Kier molecular flexibility index (Phi) is 9.09. The molecule has 2 aliphatic heterocycles. The van der Waals surface area contributed by atoms with Gasteiger partial charge in [0.1, 0.15) is 0 Å². The Balaban J connectivity index is 0.00000320. The number of imide groups is 1. The van der Waals surface area contributed by atoms with Crippen LogP contribution in [0.25, 0.3) is 0 Å². The van der Waals surface area contributed by atoms with Crippen LogP contribution in [0.15, 0.2) is 29.3 Å². The number of carbonyl (C=O) groups excluding carboxylic acids is 2. The van der Waals surface area contributed by atoms with Crippen LogP contribution in [0.3, 0.4) is 0 Å². The zero-order chi connectivity index (χ0) is 21.0. The van der Waals surface area contributed by atoms with Gasteiger partial charge in [0.05, 0.1) is 11.1 Å². The standard InChI is InChI=1S/C22H33N5O2.HI/c1-15(2)26-13-16(3)19(14-26)25-22(23-4)24-11-7-8-12-27-20(28)17-9-5-6-10-18(17)21(27)29;/h5-6,9-10,15-16,19H,7-8,11-14H2,1-4H3,(H2,23,24,25);1H. The van der Waals surface area contributed by atoms with Gasteiger partial charge in [-0.05, 0) is 44.7 Å². The van der Waals surface area contributed by atoms with Gasteiger partial charge >= 0.3 is 0 Å². The van der Waals surface area contributed by atoms with Crippen molar-refractivity contribution in [3.8, 4) is 0 Å². The second-order valence-electron chi connectivity index (χ2n) is 8.29. The summed E-state index contributed by atoms with van der Waals surface area (Å²) in [5.41, 5.74) is 1.03. The Morgan fingerprint density at radius 2 is 1.77 bits per heavy atom. The van der Waals surface area contributed by atoms with Gasteiger partial charge in [0.25, 0.3) is 11.8 Å². The lowest BCUT2D eigenvalue weighted by molar-refractivity contribution is 0.0652. The van der Waals surface area contributed by atoms with Gasteiger partial charge in [-0.25, -0.2) is 0 Å². The molecule has 0 aromatic heterocycles. The number of unbranched alkanes of at least 4 members (excludes halogenated alkanes) is 1. The van der Waals surface area contributed by atoms with Crippen LogP contribution >= 0.6 is 24.0 Å². The van der Waals surface area contributed by atoms with Crippen LogP contribution in [0.2, 0.25) is 0 Å². The monoisotopic (exact) mass is 527 g/mol. The van der Waals surface area contributed by atoms with Crippen LogP contribution in [0, 0.1) is 5.92 Å². The number of rotatable bonds is 7. The number of hydrogen-bond donors (Lipinski definition) is 2. The maximum atomic E-state index is 12.4. The number of guanidine groups is 1. The van der Waals surface area contributed by atoms with E-state index in [0.29, 0.717) is 35.7 Å². The van der Waals surface area contributed by atoms with E-state index in [1.165, 1.54) is 4.90 Å². The molecule has 2 N–H and O–H groups in total. The quantitative estimate of drug-likeness (QED) is 0.188. The first kappa shape index (κ1) is 24.6. The van der Waals surface area contributed by atoms with Crippen LogP contribution in [0.4, 0.5) is 0 Å². The Morgan fingerprint density at radius 1 is 1.13 bits per heavy atom. The van der Waals surface area contributed by atoms with Crippen LogP contribution in [-0.4, -0.2) is 72.9 Å². The first-order chi connectivity index (χ1) is 13.9. The SMILES string of the molecule is CN=C(NCCCCN1C(=O)c2ccccc2C1=O)NC1CN(C(C)C)CC1C.I. The number of carbonyl (C=O) groups is 2. The lowest BCUT2D eigenvalue weighted by atomic mass is 10.1. The first-order valence-electron chi connectivity index (χ1n) is 10.6. The summed E-state index contributed by atoms with van der Waals surface area (Å²) in [6.45, 7) is 10.1. The average Bonchev–Trinajstić information content (AvgIpc) is 3.19. The first-order valence-corrected chi connectivity index (χ1v) is 10.6. The summed E-state index contributed by atoms with van der Waals surface area (Å²) in [4.78, 5) is 32.9. The number of halogens is 1. The molecule has 2 unspecified atom stereocenters. The topological polar surface area (TPSA) is 77.0 Å². The normalized spacial score (nSPS) is 21.8. The molecule has 0 spiro atoms. The van der Waals surface area contributed by atoms with Gasteiger partial charge in [0, 0.05) is 45.3 Å². The van der Waals surface area contributed by atoms with Gasteiger partial charge in [-0.15, -0.1) is 24.0 Å². The summed E-state index contributed by atoms with van der Waals surface area (Å²) in [7, 11) is 1.79. The maximum absolute atomic E-state index is 12.4. The molecule has 30 heavy (non-hydrogen) atoms. The van der Waals surface area contributed by atoms with Crippen molar-refractivity contribution < 1.29 is 9.59 Å². The highest BCUT2D eigenvalue weighted by Crippen LogP contribution is 2.22. The van der Waals surface area contributed by atoms with Crippen LogP contribution in [0.1, 0.15) is 54.3 Å².